The van der Waals surface area contributed by atoms with Crippen LogP contribution in [0.25, 0.3) is 0 Å². The molecule has 0 heterocycles. The van der Waals surface area contributed by atoms with Crippen molar-refractivity contribution in [1.29, 1.82) is 0 Å². The first-order valence-electron chi connectivity index (χ1n) is 6.17. The molecule has 1 amide bonds. The Hall–Kier alpha value is -2.01. The van der Waals surface area contributed by atoms with E-state index < -0.39 is 0 Å². The minimum atomic E-state index is -0.265. The molecule has 2 aromatic carbocycles. The van der Waals surface area contributed by atoms with Crippen molar-refractivity contribution in [2.75, 3.05) is 16.8 Å². The fraction of sp³-hybridized carbons (Fsp3) is 0.133. The monoisotopic (exact) mass is 290 g/mol. The molecule has 0 bridgehead atoms. The lowest BCUT2D eigenvalue weighted by atomic mass is 10.3. The lowest BCUT2D eigenvalue weighted by Crippen LogP contribution is -2.12. The molecule has 0 spiro atoms. The number of benzene rings is 2. The second-order valence-electron chi connectivity index (χ2n) is 4.23. The third kappa shape index (κ3) is 4.59. The van der Waals surface area contributed by atoms with Crippen LogP contribution in [0.1, 0.15) is 6.42 Å². The van der Waals surface area contributed by atoms with Crippen molar-refractivity contribution >= 4 is 29.0 Å². The van der Waals surface area contributed by atoms with Gasteiger partial charge in [-0.1, -0.05) is 12.1 Å². The maximum atomic E-state index is 13.0. The summed E-state index contributed by atoms with van der Waals surface area (Å²) in [5.74, 6) is 0.246. The molecule has 0 saturated heterocycles. The zero-order valence-corrected chi connectivity index (χ0v) is 11.6. The molecule has 5 heteroatoms. The van der Waals surface area contributed by atoms with Gasteiger partial charge in [0.25, 0.3) is 0 Å². The standard InChI is InChI=1S/C15H15FN2OS/c16-11-3-1-6-14(9-11)20-8-7-15(19)18-13-5-2-4-12(17)10-13/h1-6,9-10H,7-8,17H2,(H,18,19). The van der Waals surface area contributed by atoms with Crippen LogP contribution in [0.4, 0.5) is 15.8 Å². The van der Waals surface area contributed by atoms with Crippen molar-refractivity contribution in [3.05, 3.63) is 54.3 Å². The Morgan fingerprint density at radius 3 is 2.75 bits per heavy atom. The smallest absolute Gasteiger partial charge is 0.225 e. The second kappa shape index (κ2) is 6.96. The van der Waals surface area contributed by atoms with Crippen LogP contribution in [-0.4, -0.2) is 11.7 Å². The van der Waals surface area contributed by atoms with Crippen LogP contribution in [-0.2, 0) is 4.79 Å². The lowest BCUT2D eigenvalue weighted by molar-refractivity contribution is -0.115. The van der Waals surface area contributed by atoms with Crippen LogP contribution in [0.15, 0.2) is 53.4 Å². The molecule has 0 fully saturated rings. The molecule has 3 N–H and O–H groups in total. The maximum Gasteiger partial charge on any atom is 0.225 e. The van der Waals surface area contributed by atoms with Gasteiger partial charge in [0.2, 0.25) is 5.91 Å². The number of hydrogen-bond acceptors (Lipinski definition) is 3. The molecule has 2 rings (SSSR count). The summed E-state index contributed by atoms with van der Waals surface area (Å²) in [6.07, 6.45) is 0.357. The molecule has 0 saturated carbocycles. The zero-order chi connectivity index (χ0) is 14.4. The number of rotatable bonds is 5. The summed E-state index contributed by atoms with van der Waals surface area (Å²) in [6.45, 7) is 0. The van der Waals surface area contributed by atoms with Gasteiger partial charge in [0.15, 0.2) is 0 Å². The van der Waals surface area contributed by atoms with Crippen molar-refractivity contribution in [1.82, 2.24) is 0 Å². The fourth-order valence-electron chi connectivity index (χ4n) is 1.66. The number of halogens is 1. The number of thioether (sulfide) groups is 1. The highest BCUT2D eigenvalue weighted by molar-refractivity contribution is 7.99. The van der Waals surface area contributed by atoms with Gasteiger partial charge in [0.1, 0.15) is 5.82 Å². The summed E-state index contributed by atoms with van der Waals surface area (Å²) in [5.41, 5.74) is 6.93. The molecule has 20 heavy (non-hydrogen) atoms. The molecule has 3 nitrogen and oxygen atoms in total. The maximum absolute atomic E-state index is 13.0. The van der Waals surface area contributed by atoms with Crippen molar-refractivity contribution in [3.8, 4) is 0 Å². The Bertz CT molecular complexity index is 604. The van der Waals surface area contributed by atoms with E-state index in [0.29, 0.717) is 23.5 Å². The van der Waals surface area contributed by atoms with E-state index in [1.807, 2.05) is 6.07 Å². The fourth-order valence-corrected chi connectivity index (χ4v) is 2.55. The molecule has 2 aromatic rings. The Balaban J connectivity index is 1.78. The third-order valence-electron chi connectivity index (χ3n) is 2.56. The van der Waals surface area contributed by atoms with Crippen LogP contribution in [0.5, 0.6) is 0 Å². The van der Waals surface area contributed by atoms with E-state index in [0.717, 1.165) is 4.90 Å². The normalized spacial score (nSPS) is 10.2. The highest BCUT2D eigenvalue weighted by atomic mass is 32.2. The van der Waals surface area contributed by atoms with Gasteiger partial charge in [0, 0.05) is 28.4 Å². The Kier molecular flexibility index (Phi) is 5.01. The van der Waals surface area contributed by atoms with Gasteiger partial charge in [-0.25, -0.2) is 4.39 Å². The van der Waals surface area contributed by atoms with Crippen molar-refractivity contribution in [2.45, 2.75) is 11.3 Å². The van der Waals surface area contributed by atoms with Gasteiger partial charge in [-0.2, -0.15) is 0 Å². The lowest BCUT2D eigenvalue weighted by Gasteiger charge is -2.06. The van der Waals surface area contributed by atoms with E-state index in [1.54, 1.807) is 30.3 Å². The van der Waals surface area contributed by atoms with Gasteiger partial charge in [-0.05, 0) is 36.4 Å². The Morgan fingerprint density at radius 1 is 1.20 bits per heavy atom. The molecular formula is C15H15FN2OS. The molecule has 0 aliphatic heterocycles. The van der Waals surface area contributed by atoms with E-state index in [2.05, 4.69) is 5.32 Å². The van der Waals surface area contributed by atoms with Crippen LogP contribution in [0, 0.1) is 5.82 Å². The van der Waals surface area contributed by atoms with Crippen molar-refractivity contribution < 1.29 is 9.18 Å². The number of nitrogen functional groups attached to an aromatic ring is 1. The van der Waals surface area contributed by atoms with Crippen LogP contribution in [0.3, 0.4) is 0 Å². The number of carbonyl (C=O) groups excluding carboxylic acids is 1. The highest BCUT2D eigenvalue weighted by Crippen LogP contribution is 2.20. The van der Waals surface area contributed by atoms with E-state index in [1.165, 1.54) is 23.9 Å². The van der Waals surface area contributed by atoms with Gasteiger partial charge in [-0.15, -0.1) is 11.8 Å². The number of carbonyl (C=O) groups is 1. The molecule has 0 radical (unpaired) electrons. The summed E-state index contributed by atoms with van der Waals surface area (Å²) in [6, 6.07) is 13.4. The summed E-state index contributed by atoms with van der Waals surface area (Å²) in [4.78, 5) is 12.6. The first-order valence-corrected chi connectivity index (χ1v) is 7.16. The summed E-state index contributed by atoms with van der Waals surface area (Å²) >= 11 is 1.45. The molecule has 104 valence electrons. The predicted molar refractivity (Wildman–Crippen MR) is 81.2 cm³/mol. The quantitative estimate of drug-likeness (QED) is 0.654. The number of amides is 1. The number of nitrogens with one attached hydrogen (secondary N) is 1. The SMILES string of the molecule is Nc1cccc(NC(=O)CCSc2cccc(F)c2)c1. The molecular weight excluding hydrogens is 275 g/mol. The van der Waals surface area contributed by atoms with E-state index >= 15 is 0 Å². The summed E-state index contributed by atoms with van der Waals surface area (Å²) < 4.78 is 13.0. The average Bonchev–Trinajstić information content (AvgIpc) is 2.38. The highest BCUT2D eigenvalue weighted by Gasteiger charge is 2.03. The first-order chi connectivity index (χ1) is 9.63. The third-order valence-corrected chi connectivity index (χ3v) is 3.56. The van der Waals surface area contributed by atoms with Crippen molar-refractivity contribution in [2.24, 2.45) is 0 Å². The number of hydrogen-bond donors (Lipinski definition) is 2. The number of anilines is 2. The average molecular weight is 290 g/mol. The van der Waals surface area contributed by atoms with Gasteiger partial charge in [0.05, 0.1) is 0 Å². The number of nitrogens with two attached hydrogens (primary N) is 1. The first kappa shape index (κ1) is 14.4. The minimum absolute atomic E-state index is 0.0838. The van der Waals surface area contributed by atoms with Gasteiger partial charge < -0.3 is 11.1 Å². The van der Waals surface area contributed by atoms with E-state index in [4.69, 9.17) is 5.73 Å². The topological polar surface area (TPSA) is 55.1 Å². The molecule has 0 aromatic heterocycles. The van der Waals surface area contributed by atoms with E-state index in [-0.39, 0.29) is 11.7 Å². The molecule has 0 atom stereocenters. The van der Waals surface area contributed by atoms with Gasteiger partial charge >= 0.3 is 0 Å². The molecule has 0 unspecified atom stereocenters. The van der Waals surface area contributed by atoms with Crippen molar-refractivity contribution in [3.63, 3.8) is 0 Å². The van der Waals surface area contributed by atoms with Gasteiger partial charge in [-0.3, -0.25) is 4.79 Å². The largest absolute Gasteiger partial charge is 0.399 e. The van der Waals surface area contributed by atoms with E-state index in [9.17, 15) is 9.18 Å². The van der Waals surface area contributed by atoms with Crippen LogP contribution in [0.2, 0.25) is 0 Å². The zero-order valence-electron chi connectivity index (χ0n) is 10.8. The van der Waals surface area contributed by atoms with Crippen LogP contribution >= 0.6 is 11.8 Å². The predicted octanol–water partition coefficient (Wildman–Crippen LogP) is 3.53. The molecule has 0 aliphatic carbocycles. The Labute approximate surface area is 121 Å². The Morgan fingerprint density at radius 2 is 2.00 bits per heavy atom. The van der Waals surface area contributed by atoms with Crippen LogP contribution < -0.4 is 11.1 Å². The second-order valence-corrected chi connectivity index (χ2v) is 5.40. The summed E-state index contributed by atoms with van der Waals surface area (Å²) in [7, 11) is 0. The molecule has 0 aliphatic rings. The minimum Gasteiger partial charge on any atom is -0.399 e. The summed E-state index contributed by atoms with van der Waals surface area (Å²) in [5, 5.41) is 2.77.